The van der Waals surface area contributed by atoms with Gasteiger partial charge in [-0.15, -0.1) is 11.3 Å². The van der Waals surface area contributed by atoms with Gasteiger partial charge in [0.05, 0.1) is 5.92 Å². The van der Waals surface area contributed by atoms with Crippen LogP contribution in [0.4, 0.5) is 11.5 Å². The van der Waals surface area contributed by atoms with Crippen LogP contribution in [-0.4, -0.2) is 55.1 Å². The van der Waals surface area contributed by atoms with E-state index >= 15 is 0 Å². The van der Waals surface area contributed by atoms with E-state index in [0.717, 1.165) is 57.9 Å². The monoisotopic (exact) mass is 448 g/mol. The van der Waals surface area contributed by atoms with Crippen LogP contribution in [0.2, 0.25) is 0 Å². The third kappa shape index (κ3) is 3.96. The van der Waals surface area contributed by atoms with Crippen molar-refractivity contribution in [2.45, 2.75) is 33.6 Å². The molecule has 2 aromatic heterocycles. The second-order valence-corrected chi connectivity index (χ2v) is 10.5. The van der Waals surface area contributed by atoms with Crippen molar-refractivity contribution in [1.82, 2.24) is 9.88 Å². The van der Waals surface area contributed by atoms with Crippen LogP contribution in [0.15, 0.2) is 36.5 Å². The lowest BCUT2D eigenvalue weighted by molar-refractivity contribution is -0.136. The van der Waals surface area contributed by atoms with Gasteiger partial charge in [-0.3, -0.25) is 4.79 Å². The van der Waals surface area contributed by atoms with Gasteiger partial charge in [-0.25, -0.2) is 4.98 Å². The van der Waals surface area contributed by atoms with E-state index in [1.807, 2.05) is 17.5 Å². The van der Waals surface area contributed by atoms with Crippen molar-refractivity contribution in [1.29, 1.82) is 0 Å². The maximum absolute atomic E-state index is 13.4. The Balaban J connectivity index is 1.25. The van der Waals surface area contributed by atoms with E-state index in [0.29, 0.717) is 5.91 Å². The van der Waals surface area contributed by atoms with Crippen LogP contribution in [0.5, 0.6) is 0 Å². The van der Waals surface area contributed by atoms with Crippen LogP contribution < -0.4 is 9.80 Å². The van der Waals surface area contributed by atoms with Gasteiger partial charge in [0.1, 0.15) is 5.82 Å². The maximum Gasteiger partial charge on any atom is 0.227 e. The summed E-state index contributed by atoms with van der Waals surface area (Å²) in [6.45, 7) is 11.7. The summed E-state index contributed by atoms with van der Waals surface area (Å²) in [5, 5.41) is 1.23. The molecule has 168 valence electrons. The van der Waals surface area contributed by atoms with Gasteiger partial charge in [0.25, 0.3) is 0 Å². The largest absolute Gasteiger partial charge is 0.368 e. The van der Waals surface area contributed by atoms with Gasteiger partial charge in [0, 0.05) is 66.1 Å². The predicted molar refractivity (Wildman–Crippen MR) is 134 cm³/mol. The molecule has 2 aliphatic heterocycles. The number of fused-ring (bicyclic) bond motifs is 1. The minimum absolute atomic E-state index is 0.0628. The second-order valence-electron chi connectivity index (χ2n) is 9.22. The lowest BCUT2D eigenvalue weighted by Gasteiger charge is -2.40. The number of aromatic nitrogens is 1. The molecule has 5 nitrogen and oxygen atoms in total. The first kappa shape index (κ1) is 21.3. The molecule has 0 N–H and O–H groups in total. The highest BCUT2D eigenvalue weighted by Gasteiger charge is 2.32. The summed E-state index contributed by atoms with van der Waals surface area (Å²) in [4.78, 5) is 26.3. The molecule has 0 unspecified atom stereocenters. The first-order valence-electron chi connectivity index (χ1n) is 11.7. The van der Waals surface area contributed by atoms with E-state index in [1.54, 1.807) is 0 Å². The molecule has 2 fully saturated rings. The summed E-state index contributed by atoms with van der Waals surface area (Å²) in [6, 6.07) is 10.8. The standard InChI is InChI=1S/C26H32N4OS/c1-18-6-4-8-23(20(18)3)28-12-14-29(15-13-28)26(31)21-7-5-11-30(17-21)25-22-16-19(2)32-24(22)9-10-27-25/h4,6,8-10,16,21H,5,7,11-15,17H2,1-3H3/t21-/m1/s1. The van der Waals surface area contributed by atoms with Gasteiger partial charge >= 0.3 is 0 Å². The number of benzene rings is 1. The molecule has 1 atom stereocenters. The highest BCUT2D eigenvalue weighted by atomic mass is 32.1. The number of anilines is 2. The Morgan fingerprint density at radius 2 is 1.84 bits per heavy atom. The number of amides is 1. The molecule has 0 radical (unpaired) electrons. The molecule has 0 spiro atoms. The Morgan fingerprint density at radius 1 is 1.03 bits per heavy atom. The Hall–Kier alpha value is -2.60. The quantitative estimate of drug-likeness (QED) is 0.578. The highest BCUT2D eigenvalue weighted by molar-refractivity contribution is 7.19. The molecule has 0 aliphatic carbocycles. The fraction of sp³-hybridized carbons (Fsp3) is 0.462. The molecule has 32 heavy (non-hydrogen) atoms. The third-order valence-corrected chi connectivity index (χ3v) is 8.14. The van der Waals surface area contributed by atoms with Crippen LogP contribution in [0.3, 0.4) is 0 Å². The lowest BCUT2D eigenvalue weighted by atomic mass is 9.96. The average molecular weight is 449 g/mol. The van der Waals surface area contributed by atoms with E-state index in [4.69, 9.17) is 4.98 Å². The molecule has 5 rings (SSSR count). The summed E-state index contributed by atoms with van der Waals surface area (Å²) in [7, 11) is 0. The molecule has 1 amide bonds. The van der Waals surface area contributed by atoms with Crippen LogP contribution in [0.1, 0.15) is 28.8 Å². The van der Waals surface area contributed by atoms with Crippen LogP contribution in [-0.2, 0) is 4.79 Å². The zero-order valence-corrected chi connectivity index (χ0v) is 20.1. The number of hydrogen-bond acceptors (Lipinski definition) is 5. The van der Waals surface area contributed by atoms with E-state index in [2.05, 4.69) is 65.8 Å². The molecule has 3 aromatic rings. The van der Waals surface area contributed by atoms with Crippen LogP contribution >= 0.6 is 11.3 Å². The first-order valence-corrected chi connectivity index (χ1v) is 12.5. The minimum Gasteiger partial charge on any atom is -0.368 e. The molecular weight excluding hydrogens is 416 g/mol. The molecule has 6 heteroatoms. The zero-order valence-electron chi connectivity index (χ0n) is 19.3. The van der Waals surface area contributed by atoms with Gasteiger partial charge in [-0.1, -0.05) is 12.1 Å². The molecular formula is C26H32N4OS. The van der Waals surface area contributed by atoms with Crippen molar-refractivity contribution in [2.24, 2.45) is 5.92 Å². The first-order chi connectivity index (χ1) is 15.5. The van der Waals surface area contributed by atoms with E-state index < -0.39 is 0 Å². The molecule has 0 bridgehead atoms. The summed E-state index contributed by atoms with van der Waals surface area (Å²) in [6.07, 6.45) is 3.93. The van der Waals surface area contributed by atoms with Crippen molar-refractivity contribution in [3.63, 3.8) is 0 Å². The zero-order chi connectivity index (χ0) is 22.2. The maximum atomic E-state index is 13.4. The van der Waals surface area contributed by atoms with Gasteiger partial charge < -0.3 is 14.7 Å². The van der Waals surface area contributed by atoms with Crippen molar-refractivity contribution in [3.8, 4) is 0 Å². The predicted octanol–water partition coefficient (Wildman–Crippen LogP) is 4.79. The fourth-order valence-electron chi connectivity index (χ4n) is 5.20. The van der Waals surface area contributed by atoms with Gasteiger partial charge in [-0.05, 0) is 62.9 Å². The number of pyridine rings is 1. The number of thiophene rings is 1. The Bertz CT molecular complexity index is 1130. The minimum atomic E-state index is 0.0628. The highest BCUT2D eigenvalue weighted by Crippen LogP contribution is 2.34. The summed E-state index contributed by atoms with van der Waals surface area (Å²) < 4.78 is 1.28. The van der Waals surface area contributed by atoms with Crippen molar-refractivity contribution < 1.29 is 4.79 Å². The number of piperazine rings is 1. The molecule has 2 saturated heterocycles. The van der Waals surface area contributed by atoms with Gasteiger partial charge in [0.15, 0.2) is 0 Å². The van der Waals surface area contributed by atoms with Gasteiger partial charge in [-0.2, -0.15) is 0 Å². The Kier molecular flexibility index (Phi) is 5.80. The molecule has 1 aromatic carbocycles. The number of rotatable bonds is 3. The number of piperidine rings is 1. The van der Waals surface area contributed by atoms with Crippen molar-refractivity contribution >= 4 is 38.8 Å². The third-order valence-electron chi connectivity index (χ3n) is 7.13. The second kappa shape index (κ2) is 8.74. The lowest BCUT2D eigenvalue weighted by Crippen LogP contribution is -2.52. The smallest absolute Gasteiger partial charge is 0.227 e. The van der Waals surface area contributed by atoms with E-state index in [1.165, 1.54) is 31.8 Å². The summed E-state index contributed by atoms with van der Waals surface area (Å²) in [5.41, 5.74) is 3.99. The van der Waals surface area contributed by atoms with Crippen molar-refractivity contribution in [3.05, 3.63) is 52.5 Å². The Labute approximate surface area is 194 Å². The fourth-order valence-corrected chi connectivity index (χ4v) is 6.12. The SMILES string of the molecule is Cc1cc2c(N3CCC[C@@H](C(=O)N4CCN(c5cccc(C)c5C)CC4)C3)nccc2s1. The number of carbonyl (C=O) groups is 1. The van der Waals surface area contributed by atoms with Crippen LogP contribution in [0.25, 0.3) is 10.1 Å². The molecule has 0 saturated carbocycles. The molecule has 2 aliphatic rings. The number of nitrogens with zero attached hydrogens (tertiary/aromatic N) is 4. The average Bonchev–Trinajstić information content (AvgIpc) is 3.21. The Morgan fingerprint density at radius 3 is 2.66 bits per heavy atom. The summed E-state index contributed by atoms with van der Waals surface area (Å²) in [5.74, 6) is 1.43. The van der Waals surface area contributed by atoms with Crippen LogP contribution in [0, 0.1) is 26.7 Å². The number of carbonyl (C=O) groups excluding carboxylic acids is 1. The normalized spacial score (nSPS) is 19.6. The van der Waals surface area contributed by atoms with Gasteiger partial charge in [0.2, 0.25) is 5.91 Å². The summed E-state index contributed by atoms with van der Waals surface area (Å²) >= 11 is 1.81. The van der Waals surface area contributed by atoms with E-state index in [-0.39, 0.29) is 5.92 Å². The number of hydrogen-bond donors (Lipinski definition) is 0. The van der Waals surface area contributed by atoms with Crippen molar-refractivity contribution in [2.75, 3.05) is 49.1 Å². The van der Waals surface area contributed by atoms with E-state index in [9.17, 15) is 4.79 Å². The topological polar surface area (TPSA) is 39.7 Å². The molecule has 4 heterocycles. The number of aryl methyl sites for hydroxylation is 2.